The molecule has 0 spiro atoms. The first-order valence-corrected chi connectivity index (χ1v) is 12.3. The van der Waals surface area contributed by atoms with Crippen molar-refractivity contribution < 1.29 is 4.74 Å². The smallest absolute Gasteiger partial charge is 0.225 e. The molecule has 0 radical (unpaired) electrons. The highest BCUT2D eigenvalue weighted by atomic mass is 16.5. The van der Waals surface area contributed by atoms with Crippen LogP contribution in [0.4, 0.5) is 5.82 Å². The molecule has 2 aliphatic carbocycles. The molecule has 3 aromatic heterocycles. The van der Waals surface area contributed by atoms with E-state index < -0.39 is 0 Å². The Balaban J connectivity index is 1.10. The van der Waals surface area contributed by atoms with Gasteiger partial charge in [-0.05, 0) is 86.6 Å². The number of pyridine rings is 1. The van der Waals surface area contributed by atoms with Gasteiger partial charge in [0.1, 0.15) is 17.8 Å². The zero-order chi connectivity index (χ0) is 22.2. The molecular formula is C27H31N5O. The first-order chi connectivity index (χ1) is 16.3. The van der Waals surface area contributed by atoms with Crippen LogP contribution in [-0.2, 0) is 6.42 Å². The van der Waals surface area contributed by atoms with E-state index >= 15 is 0 Å². The Morgan fingerprint density at radius 2 is 1.91 bits per heavy atom. The van der Waals surface area contributed by atoms with E-state index in [2.05, 4.69) is 62.4 Å². The monoisotopic (exact) mass is 441 g/mol. The Hall–Kier alpha value is -3.15. The van der Waals surface area contributed by atoms with Crippen LogP contribution in [0.3, 0.4) is 0 Å². The van der Waals surface area contributed by atoms with E-state index in [0.717, 1.165) is 47.2 Å². The van der Waals surface area contributed by atoms with Crippen LogP contribution in [-0.4, -0.2) is 33.2 Å². The lowest BCUT2D eigenvalue weighted by atomic mass is 9.97. The van der Waals surface area contributed by atoms with Crippen LogP contribution in [0.5, 0.6) is 5.88 Å². The van der Waals surface area contributed by atoms with Gasteiger partial charge < -0.3 is 14.6 Å². The topological polar surface area (TPSA) is 64.9 Å². The summed E-state index contributed by atoms with van der Waals surface area (Å²) in [4.78, 5) is 13.6. The van der Waals surface area contributed by atoms with E-state index in [0.29, 0.717) is 11.9 Å². The second-order valence-corrected chi connectivity index (χ2v) is 9.76. The maximum absolute atomic E-state index is 5.40. The number of hydrogen-bond acceptors (Lipinski definition) is 5. The highest BCUT2D eigenvalue weighted by Gasteiger charge is 2.27. The number of aromatic nitrogens is 4. The average molecular weight is 442 g/mol. The van der Waals surface area contributed by atoms with Gasteiger partial charge in [-0.2, -0.15) is 0 Å². The Bertz CT molecular complexity index is 1280. The predicted molar refractivity (Wildman–Crippen MR) is 132 cm³/mol. The lowest BCUT2D eigenvalue weighted by Crippen LogP contribution is -2.06. The molecule has 3 heterocycles. The maximum atomic E-state index is 5.40. The fraction of sp³-hybridized carbons (Fsp3) is 0.444. The third-order valence-corrected chi connectivity index (χ3v) is 7.44. The molecule has 0 saturated heterocycles. The van der Waals surface area contributed by atoms with Crippen molar-refractivity contribution in [1.29, 1.82) is 0 Å². The lowest BCUT2D eigenvalue weighted by Gasteiger charge is -2.15. The molecule has 2 saturated carbocycles. The van der Waals surface area contributed by atoms with Crippen LogP contribution >= 0.6 is 0 Å². The molecule has 6 rings (SSSR count). The zero-order valence-electron chi connectivity index (χ0n) is 19.2. The Morgan fingerprint density at radius 3 is 2.79 bits per heavy atom. The van der Waals surface area contributed by atoms with Gasteiger partial charge in [-0.3, -0.25) is 0 Å². The van der Waals surface area contributed by atoms with Gasteiger partial charge in [0.25, 0.3) is 0 Å². The van der Waals surface area contributed by atoms with Crippen molar-refractivity contribution in [2.75, 3.05) is 19.0 Å². The van der Waals surface area contributed by atoms with Gasteiger partial charge in [0.05, 0.1) is 18.0 Å². The van der Waals surface area contributed by atoms with Gasteiger partial charge in [0, 0.05) is 24.2 Å². The fourth-order valence-electron chi connectivity index (χ4n) is 5.33. The van der Waals surface area contributed by atoms with Crippen molar-refractivity contribution in [3.63, 3.8) is 0 Å². The largest absolute Gasteiger partial charge is 0.480 e. The molecule has 2 atom stereocenters. The molecule has 2 aliphatic rings. The van der Waals surface area contributed by atoms with Crippen molar-refractivity contribution in [3.05, 3.63) is 54.5 Å². The van der Waals surface area contributed by atoms with Gasteiger partial charge in [0.2, 0.25) is 5.88 Å². The van der Waals surface area contributed by atoms with Crippen LogP contribution in [0.2, 0.25) is 0 Å². The molecule has 2 fully saturated rings. The minimum atomic E-state index is 0.505. The van der Waals surface area contributed by atoms with Crippen molar-refractivity contribution in [3.8, 4) is 5.88 Å². The first kappa shape index (κ1) is 20.5. The summed E-state index contributed by atoms with van der Waals surface area (Å²) in [6.45, 7) is 1.05. The van der Waals surface area contributed by atoms with E-state index in [1.165, 1.54) is 49.5 Å². The molecule has 0 aliphatic heterocycles. The third-order valence-electron chi connectivity index (χ3n) is 7.44. The molecule has 6 heteroatoms. The average Bonchev–Trinajstić information content (AvgIpc) is 3.39. The Kier molecular flexibility index (Phi) is 5.36. The molecule has 0 amide bonds. The SMILES string of the molecule is COc1ncnc2c1ccn2[C@H]1CC[C@@H](CCc2ccc3ccc(NCC4CC4)nc3c2)C1. The number of hydrogen-bond donors (Lipinski definition) is 1. The van der Waals surface area contributed by atoms with Gasteiger partial charge in [-0.15, -0.1) is 0 Å². The molecular weight excluding hydrogens is 410 g/mol. The van der Waals surface area contributed by atoms with E-state index in [9.17, 15) is 0 Å². The summed E-state index contributed by atoms with van der Waals surface area (Å²) in [7, 11) is 1.67. The molecule has 33 heavy (non-hydrogen) atoms. The van der Waals surface area contributed by atoms with E-state index in [4.69, 9.17) is 9.72 Å². The van der Waals surface area contributed by atoms with Crippen molar-refractivity contribution >= 4 is 27.8 Å². The number of fused-ring (bicyclic) bond motifs is 2. The van der Waals surface area contributed by atoms with E-state index in [1.54, 1.807) is 13.4 Å². The summed E-state index contributed by atoms with van der Waals surface area (Å²) in [5.74, 6) is 3.25. The second-order valence-electron chi connectivity index (χ2n) is 9.76. The van der Waals surface area contributed by atoms with Crippen LogP contribution in [0, 0.1) is 11.8 Å². The standard InChI is InChI=1S/C27H31N5O/c1-33-27-23-12-13-32(26(23)29-17-30-27)22-10-7-18(14-22)2-3-19-6-8-21-9-11-25(31-24(21)15-19)28-16-20-4-5-20/h6,8-9,11-13,15,17-18,20,22H,2-5,7,10,14,16H2,1H3,(H,28,31)/t18-,22+/m1/s1. The molecule has 0 unspecified atom stereocenters. The van der Waals surface area contributed by atoms with Gasteiger partial charge in [0.15, 0.2) is 0 Å². The van der Waals surface area contributed by atoms with Crippen molar-refractivity contribution in [1.82, 2.24) is 19.5 Å². The third kappa shape index (κ3) is 4.26. The van der Waals surface area contributed by atoms with Gasteiger partial charge >= 0.3 is 0 Å². The molecule has 4 aromatic rings. The number of rotatable bonds is 8. The Labute approximate surface area is 194 Å². The molecule has 1 N–H and O–H groups in total. The number of benzene rings is 1. The molecule has 6 nitrogen and oxygen atoms in total. The number of anilines is 1. The van der Waals surface area contributed by atoms with Crippen LogP contribution in [0.1, 0.15) is 50.1 Å². The molecule has 0 bridgehead atoms. The minimum absolute atomic E-state index is 0.505. The summed E-state index contributed by atoms with van der Waals surface area (Å²) in [5.41, 5.74) is 3.48. The molecule has 170 valence electrons. The highest BCUT2D eigenvalue weighted by Crippen LogP contribution is 2.39. The van der Waals surface area contributed by atoms with Crippen molar-refractivity contribution in [2.24, 2.45) is 11.8 Å². The van der Waals surface area contributed by atoms with Crippen LogP contribution < -0.4 is 10.1 Å². The zero-order valence-corrected chi connectivity index (χ0v) is 19.2. The molecule has 1 aromatic carbocycles. The number of ether oxygens (including phenoxy) is 1. The van der Waals surface area contributed by atoms with Crippen molar-refractivity contribution in [2.45, 2.75) is 51.0 Å². The van der Waals surface area contributed by atoms with E-state index in [1.807, 2.05) is 0 Å². The number of nitrogens with one attached hydrogen (secondary N) is 1. The predicted octanol–water partition coefficient (Wildman–Crippen LogP) is 5.78. The summed E-state index contributed by atoms with van der Waals surface area (Å²) in [6, 6.07) is 13.7. The number of aryl methyl sites for hydroxylation is 1. The summed E-state index contributed by atoms with van der Waals surface area (Å²) < 4.78 is 7.73. The normalized spacial score (nSPS) is 20.5. The van der Waals surface area contributed by atoms with Gasteiger partial charge in [-0.25, -0.2) is 15.0 Å². The maximum Gasteiger partial charge on any atom is 0.225 e. The minimum Gasteiger partial charge on any atom is -0.480 e. The lowest BCUT2D eigenvalue weighted by molar-refractivity contribution is 0.402. The number of methoxy groups -OCH3 is 1. The second kappa shape index (κ2) is 8.65. The fourth-order valence-corrected chi connectivity index (χ4v) is 5.33. The number of nitrogens with zero attached hydrogens (tertiary/aromatic N) is 4. The summed E-state index contributed by atoms with van der Waals surface area (Å²) >= 11 is 0. The van der Waals surface area contributed by atoms with Crippen LogP contribution in [0.25, 0.3) is 21.9 Å². The van der Waals surface area contributed by atoms with Gasteiger partial charge in [-0.1, -0.05) is 12.1 Å². The quantitative estimate of drug-likeness (QED) is 0.375. The highest BCUT2D eigenvalue weighted by molar-refractivity contribution is 5.82. The summed E-state index contributed by atoms with van der Waals surface area (Å²) in [5, 5.41) is 5.72. The van der Waals surface area contributed by atoms with E-state index in [-0.39, 0.29) is 0 Å². The first-order valence-electron chi connectivity index (χ1n) is 12.3. The van der Waals surface area contributed by atoms with Crippen LogP contribution in [0.15, 0.2) is 48.9 Å². The summed E-state index contributed by atoms with van der Waals surface area (Å²) in [6.07, 6.45) is 12.5. The Morgan fingerprint density at radius 1 is 1.03 bits per heavy atom.